The molecule has 8 N–H and O–H groups in total. The molecule has 2 amide bonds. The van der Waals surface area contributed by atoms with Crippen molar-refractivity contribution in [2.45, 2.75) is 0 Å². The van der Waals surface area contributed by atoms with Gasteiger partial charge in [-0.1, -0.05) is 48.2 Å². The molecule has 0 unspecified atom stereocenters. The number of cyclic esters (lactones) is 2. The van der Waals surface area contributed by atoms with E-state index in [0.717, 1.165) is 16.2 Å². The van der Waals surface area contributed by atoms with Gasteiger partial charge in [0.05, 0.1) is 27.9 Å². The van der Waals surface area contributed by atoms with Crippen molar-refractivity contribution in [3.63, 3.8) is 0 Å². The molecular formula is C60H32Ar6N2O11. The Bertz CT molecular complexity index is 4470. The van der Waals surface area contributed by atoms with Gasteiger partial charge in [0.15, 0.2) is 0 Å². The van der Waals surface area contributed by atoms with Gasteiger partial charge in [0.2, 0.25) is 0 Å². The van der Waals surface area contributed by atoms with Crippen molar-refractivity contribution in [3.8, 4) is 59.2 Å². The van der Waals surface area contributed by atoms with Gasteiger partial charge < -0.3 is 41.1 Å². The molecule has 0 fully saturated rings. The Hall–Kier alpha value is -3.20. The molecule has 2 aliphatic heterocycles. The fraction of sp³-hybridized carbons (Fsp3) is 0. The second-order valence-corrected chi connectivity index (χ2v) is 17.6. The van der Waals surface area contributed by atoms with Gasteiger partial charge >= 0.3 is 11.9 Å². The first-order valence-electron chi connectivity index (χ1n) is 22.4. The molecule has 19 heteroatoms. The molecule has 0 saturated carbocycles. The molecule has 13 nitrogen and oxygen atoms in total. The second kappa shape index (κ2) is 25.3. The minimum absolute atomic E-state index is 0. The Morgan fingerprint density at radius 2 is 0.696 bits per heavy atom. The van der Waals surface area contributed by atoms with Gasteiger partial charge in [-0.2, -0.15) is 0 Å². The van der Waals surface area contributed by atoms with Gasteiger partial charge in [-0.3, -0.25) is 9.59 Å². The number of phenolic OH excluding ortho intramolecular Hbond substituents is 6. The SMILES string of the molecule is C#Cc1ccc(N)cc1.C#Cc1ccc(N2C(=O)c3cc(O)c4c5cccc6c(O)ccc(c7c(O)cc(c3c47)C2=O)c65)cc1.O=C1OC(=O)c2cc(O)c3c4ccc(O)c5cccc(c6c(O)cc1c2c63)c54.[Ar].[Ar].[Ar].[Ar].[Ar].[Ar]. The van der Waals surface area contributed by atoms with Crippen LogP contribution in [0.5, 0.6) is 34.5 Å². The van der Waals surface area contributed by atoms with Crippen LogP contribution in [0.4, 0.5) is 11.4 Å². The Morgan fingerprint density at radius 1 is 0.367 bits per heavy atom. The number of rotatable bonds is 1. The number of terminal acetylenes is 2. The number of imide groups is 1. The molecule has 0 aliphatic carbocycles. The third-order valence-electron chi connectivity index (χ3n) is 13.7. The number of nitrogen functional groups attached to an aromatic ring is 1. The van der Waals surface area contributed by atoms with E-state index in [4.69, 9.17) is 23.3 Å². The smallest absolute Gasteiger partial charge is 0.346 e. The topological polar surface area (TPSA) is 228 Å². The summed E-state index contributed by atoms with van der Waals surface area (Å²) in [5, 5.41) is 73.0. The minimum Gasteiger partial charge on any atom is -0.507 e. The summed E-state index contributed by atoms with van der Waals surface area (Å²) in [6.07, 6.45) is 10.5. The third kappa shape index (κ3) is 10.4. The Balaban J connectivity index is 0.000000210. The maximum absolute atomic E-state index is 13.7. The fourth-order valence-corrected chi connectivity index (χ4v) is 10.6. The first kappa shape index (κ1) is 65.0. The largest absolute Gasteiger partial charge is 0.507 e. The van der Waals surface area contributed by atoms with Crippen molar-refractivity contribution in [2.75, 3.05) is 10.6 Å². The number of nitrogens with two attached hydrogens (primary N) is 1. The van der Waals surface area contributed by atoms with Crippen LogP contribution in [0.25, 0.3) is 86.2 Å². The van der Waals surface area contributed by atoms with E-state index in [2.05, 4.69) is 11.8 Å². The predicted octanol–water partition coefficient (Wildman–Crippen LogP) is 11.1. The summed E-state index contributed by atoms with van der Waals surface area (Å²) < 4.78 is 4.75. The average molecular weight is 1200 g/mol. The van der Waals surface area contributed by atoms with Gasteiger partial charge in [0, 0.05) is 308 Å². The van der Waals surface area contributed by atoms with Crippen LogP contribution in [0.3, 0.4) is 0 Å². The van der Waals surface area contributed by atoms with Crippen molar-refractivity contribution in [2.24, 2.45) is 0 Å². The monoisotopic (exact) mass is 1200 g/mol. The van der Waals surface area contributed by atoms with Gasteiger partial charge in [0.25, 0.3) is 11.8 Å². The average Bonchev–Trinajstić information content (AvgIpc) is 3.55. The zero-order chi connectivity index (χ0) is 50.9. The standard InChI is InChI=1S/C30H15NO5.C22H10O6.C8H7N.6Ar/c1-2-14-6-8-15(9-7-14)31-29(35)19-12-22(33)26-17-5-3-4-16-21(32)11-10-18(24(16)17)27-23(34)13-20(30(31)36)25(19)28(26)27;23-13-5-4-10-16-8(13)2-1-3-9(16)18-14(24)6-11-17-12(22(27)28-21(11)26)7-15(25)19(10)20(17)18;1-2-7-3-5-8(9)6-4-7;;;;;;/h1,3-13,32-34H;1-7,23-25H;1,3-6H,9H2;;;;;;. The van der Waals surface area contributed by atoms with Crippen LogP contribution in [-0.2, 0) is 4.74 Å². The van der Waals surface area contributed by atoms with Gasteiger partial charge in [-0.05, 0) is 119 Å². The van der Waals surface area contributed by atoms with E-state index in [1.54, 1.807) is 91.0 Å². The van der Waals surface area contributed by atoms with Gasteiger partial charge in [-0.15, -0.1) is 12.8 Å². The quantitative estimate of drug-likeness (QED) is 0.0155. The summed E-state index contributed by atoms with van der Waals surface area (Å²) in [5.41, 5.74) is 8.39. The van der Waals surface area contributed by atoms with Crippen LogP contribution < -0.4 is 10.6 Å². The summed E-state index contributed by atoms with van der Waals surface area (Å²) in [5.74, 6) is 1.61. The summed E-state index contributed by atoms with van der Waals surface area (Å²) in [4.78, 5) is 52.9. The molecule has 0 bridgehead atoms. The molecule has 14 rings (SSSR count). The maximum Gasteiger partial charge on any atom is 0.346 e. The van der Waals surface area contributed by atoms with Crippen LogP contribution in [0, 0.1) is 251 Å². The van der Waals surface area contributed by atoms with Crippen LogP contribution in [0.1, 0.15) is 52.6 Å². The molecule has 12 aromatic carbocycles. The van der Waals surface area contributed by atoms with Crippen LogP contribution in [-0.4, -0.2) is 54.4 Å². The normalized spacial score (nSPS) is 11.9. The number of benzene rings is 12. The van der Waals surface area contributed by atoms with Gasteiger partial charge in [0.1, 0.15) is 34.5 Å². The first-order chi connectivity index (χ1) is 35.2. The predicted molar refractivity (Wildman–Crippen MR) is 279 cm³/mol. The Labute approximate surface area is 627 Å². The number of hydrogen-bond acceptors (Lipinski definition) is 12. The van der Waals surface area contributed by atoms with E-state index < -0.39 is 23.8 Å². The van der Waals surface area contributed by atoms with E-state index in [-0.39, 0.29) is 283 Å². The molecule has 79 heavy (non-hydrogen) atoms. The molecular weight excluding hydrogens is 1160 g/mol. The molecule has 2 heterocycles. The summed E-state index contributed by atoms with van der Waals surface area (Å²) >= 11 is 0. The zero-order valence-electron chi connectivity index (χ0n) is 39.7. The van der Waals surface area contributed by atoms with Gasteiger partial charge in [-0.25, -0.2) is 14.5 Å². The van der Waals surface area contributed by atoms with Crippen molar-refractivity contribution in [3.05, 3.63) is 167 Å². The maximum atomic E-state index is 13.7. The van der Waals surface area contributed by atoms with Crippen molar-refractivity contribution < 1.29 is 281 Å². The third-order valence-corrected chi connectivity index (χ3v) is 13.7. The number of esters is 2. The van der Waals surface area contributed by atoms with E-state index in [0.29, 0.717) is 97.4 Å². The number of carbonyl (C=O) groups excluding carboxylic acids is 4. The second-order valence-electron chi connectivity index (χ2n) is 17.6. The summed E-state index contributed by atoms with van der Waals surface area (Å²) in [7, 11) is 0. The Morgan fingerprint density at radius 3 is 1.08 bits per heavy atom. The Kier molecular flexibility index (Phi) is 20.8. The molecule has 12 aromatic rings. The summed E-state index contributed by atoms with van der Waals surface area (Å²) in [6.45, 7) is 0. The summed E-state index contributed by atoms with van der Waals surface area (Å²) in [6, 6.07) is 36.0. The number of amides is 2. The first-order valence-corrected chi connectivity index (χ1v) is 22.4. The van der Waals surface area contributed by atoms with Crippen LogP contribution >= 0.6 is 0 Å². The minimum atomic E-state index is -0.842. The van der Waals surface area contributed by atoms with E-state index >= 15 is 0 Å². The van der Waals surface area contributed by atoms with Crippen molar-refractivity contribution in [1.82, 2.24) is 0 Å². The molecule has 2 aliphatic rings. The molecule has 0 atom stereocenters. The number of phenols is 6. The number of carbonyl (C=O) groups is 4. The van der Waals surface area contributed by atoms with Crippen LogP contribution in [0.2, 0.25) is 0 Å². The number of anilines is 2. The number of fused-ring (bicyclic) bond motifs is 4. The zero-order valence-corrected chi connectivity index (χ0v) is 44.0. The molecule has 0 spiro atoms. The number of aromatic hydroxyl groups is 6. The molecule has 0 aromatic heterocycles. The molecule has 0 radical (unpaired) electrons. The van der Waals surface area contributed by atoms with Crippen molar-refractivity contribution >= 4 is 121 Å². The number of hydrogen-bond donors (Lipinski definition) is 7. The van der Waals surface area contributed by atoms with Crippen molar-refractivity contribution in [1.29, 1.82) is 0 Å². The van der Waals surface area contributed by atoms with Crippen LogP contribution in [0.15, 0.2) is 133 Å². The van der Waals surface area contributed by atoms with E-state index in [9.17, 15) is 49.8 Å². The fourth-order valence-electron chi connectivity index (χ4n) is 10.6. The molecule has 396 valence electrons. The van der Waals surface area contributed by atoms with E-state index in [1.807, 2.05) is 12.1 Å². The molecule has 0 saturated heterocycles. The van der Waals surface area contributed by atoms with E-state index in [1.165, 1.54) is 30.3 Å². The number of nitrogens with zero attached hydrogens (tertiary/aromatic N) is 1. The number of ether oxygens (including phenoxy) is 1.